The third kappa shape index (κ3) is 3.61. The Kier molecular flexibility index (Phi) is 5.20. The van der Waals surface area contributed by atoms with Gasteiger partial charge >= 0.3 is 0 Å². The second-order valence-corrected chi connectivity index (χ2v) is 2.01. The molecule has 60 valence electrons. The molecule has 2 atom stereocenters. The smallest absolute Gasteiger partial charge is 0.147 e. The Morgan fingerprint density at radius 2 is 2.30 bits per heavy atom. The van der Waals surface area contributed by atoms with Crippen LogP contribution in [-0.2, 0) is 9.47 Å². The summed E-state index contributed by atoms with van der Waals surface area (Å²) < 4.78 is 9.65. The number of hydrogen-bond acceptors (Lipinski definition) is 3. The number of ether oxygens (including phenoxy) is 2. The molecule has 0 bridgehead atoms. The molecule has 0 saturated carbocycles. The van der Waals surface area contributed by atoms with E-state index in [0.717, 1.165) is 0 Å². The second kappa shape index (κ2) is 5.41. The fourth-order valence-electron chi connectivity index (χ4n) is 0.551. The van der Waals surface area contributed by atoms with Crippen molar-refractivity contribution in [3.05, 3.63) is 12.7 Å². The minimum Gasteiger partial charge on any atom is -0.390 e. The van der Waals surface area contributed by atoms with E-state index in [1.807, 2.05) is 0 Å². The first-order valence-electron chi connectivity index (χ1n) is 3.13. The Hall–Kier alpha value is -0.380. The Balaban J connectivity index is 3.50. The van der Waals surface area contributed by atoms with Gasteiger partial charge in [0.2, 0.25) is 0 Å². The van der Waals surface area contributed by atoms with Crippen LogP contribution in [0.25, 0.3) is 0 Å². The molecular formula is C7H14O3. The predicted molar refractivity (Wildman–Crippen MR) is 38.6 cm³/mol. The summed E-state index contributed by atoms with van der Waals surface area (Å²) in [6.07, 6.45) is 0.677. The molecule has 0 aliphatic rings. The molecule has 0 rings (SSSR count). The normalized spacial score (nSPS) is 16.3. The van der Waals surface area contributed by atoms with Gasteiger partial charge < -0.3 is 14.6 Å². The lowest BCUT2D eigenvalue weighted by atomic mass is 10.2. The molecule has 0 fully saturated rings. The third-order valence-corrected chi connectivity index (χ3v) is 1.09. The minimum absolute atomic E-state index is 0.182. The summed E-state index contributed by atoms with van der Waals surface area (Å²) in [7, 11) is 1.53. The summed E-state index contributed by atoms with van der Waals surface area (Å²) >= 11 is 0. The fraction of sp³-hybridized carbons (Fsp3) is 0.714. The molecule has 0 aliphatic heterocycles. The summed E-state index contributed by atoms with van der Waals surface area (Å²) in [5, 5.41) is 8.99. The zero-order valence-electron chi connectivity index (χ0n) is 6.41. The van der Waals surface area contributed by atoms with E-state index < -0.39 is 6.10 Å². The van der Waals surface area contributed by atoms with E-state index in [0.29, 0.717) is 0 Å². The lowest BCUT2D eigenvalue weighted by molar-refractivity contribution is -0.0888. The summed E-state index contributed by atoms with van der Waals surface area (Å²) in [6.45, 7) is 5.32. The molecule has 0 amide bonds. The van der Waals surface area contributed by atoms with E-state index in [2.05, 4.69) is 11.3 Å². The highest BCUT2D eigenvalue weighted by molar-refractivity contribution is 4.83. The Labute approximate surface area is 61.3 Å². The van der Waals surface area contributed by atoms with E-state index in [1.54, 1.807) is 13.0 Å². The van der Waals surface area contributed by atoms with E-state index in [9.17, 15) is 0 Å². The van der Waals surface area contributed by atoms with Crippen LogP contribution in [0.3, 0.4) is 0 Å². The van der Waals surface area contributed by atoms with Crippen molar-refractivity contribution < 1.29 is 14.6 Å². The van der Waals surface area contributed by atoms with Crippen molar-refractivity contribution in [1.82, 2.24) is 0 Å². The van der Waals surface area contributed by atoms with Gasteiger partial charge in [-0.25, -0.2) is 0 Å². The topological polar surface area (TPSA) is 38.7 Å². The van der Waals surface area contributed by atoms with Gasteiger partial charge in [0, 0.05) is 7.11 Å². The minimum atomic E-state index is -0.535. The maximum absolute atomic E-state index is 8.99. The van der Waals surface area contributed by atoms with Gasteiger partial charge in [0.15, 0.2) is 0 Å². The van der Waals surface area contributed by atoms with Gasteiger partial charge in [-0.2, -0.15) is 0 Å². The van der Waals surface area contributed by atoms with Crippen LogP contribution in [0.2, 0.25) is 0 Å². The Morgan fingerprint density at radius 1 is 1.70 bits per heavy atom. The monoisotopic (exact) mass is 146 g/mol. The first-order valence-corrected chi connectivity index (χ1v) is 3.13. The van der Waals surface area contributed by atoms with E-state index >= 15 is 0 Å². The van der Waals surface area contributed by atoms with Crippen molar-refractivity contribution in [2.45, 2.75) is 19.1 Å². The maximum Gasteiger partial charge on any atom is 0.147 e. The zero-order chi connectivity index (χ0) is 7.98. The van der Waals surface area contributed by atoms with Gasteiger partial charge in [0.25, 0.3) is 0 Å². The molecule has 0 aromatic rings. The SMILES string of the molecule is C=C[C@@H](OCOC)[C@H](C)O. The predicted octanol–water partition coefficient (Wildman–Crippen LogP) is 0.542. The fourth-order valence-corrected chi connectivity index (χ4v) is 0.551. The second-order valence-electron chi connectivity index (χ2n) is 2.01. The molecule has 0 aromatic carbocycles. The van der Waals surface area contributed by atoms with Crippen molar-refractivity contribution in [3.63, 3.8) is 0 Å². The summed E-state index contributed by atoms with van der Waals surface area (Å²) in [6, 6.07) is 0. The number of hydrogen-bond donors (Lipinski definition) is 1. The molecule has 0 spiro atoms. The van der Waals surface area contributed by atoms with Crippen LogP contribution < -0.4 is 0 Å². The van der Waals surface area contributed by atoms with Crippen LogP contribution in [-0.4, -0.2) is 31.2 Å². The van der Waals surface area contributed by atoms with Gasteiger partial charge in [-0.1, -0.05) is 6.08 Å². The van der Waals surface area contributed by atoms with Gasteiger partial charge in [0.05, 0.1) is 6.10 Å². The van der Waals surface area contributed by atoms with Gasteiger partial charge in [-0.3, -0.25) is 0 Å². The molecule has 0 unspecified atom stereocenters. The third-order valence-electron chi connectivity index (χ3n) is 1.09. The van der Waals surface area contributed by atoms with Crippen molar-refractivity contribution in [2.75, 3.05) is 13.9 Å². The van der Waals surface area contributed by atoms with Crippen molar-refractivity contribution in [1.29, 1.82) is 0 Å². The number of aliphatic hydroxyl groups excluding tert-OH is 1. The molecule has 0 saturated heterocycles. The lowest BCUT2D eigenvalue weighted by Crippen LogP contribution is -2.24. The summed E-state index contributed by atoms with van der Waals surface area (Å²) in [5.41, 5.74) is 0. The van der Waals surface area contributed by atoms with Crippen molar-refractivity contribution in [2.24, 2.45) is 0 Å². The first kappa shape index (κ1) is 9.62. The molecule has 1 N–H and O–H groups in total. The van der Waals surface area contributed by atoms with Crippen LogP contribution in [0.5, 0.6) is 0 Å². The summed E-state index contributed by atoms with van der Waals surface area (Å²) in [5.74, 6) is 0. The lowest BCUT2D eigenvalue weighted by Gasteiger charge is -2.15. The molecule has 3 nitrogen and oxygen atoms in total. The van der Waals surface area contributed by atoms with Gasteiger partial charge in [0.1, 0.15) is 12.9 Å². The van der Waals surface area contributed by atoms with Crippen molar-refractivity contribution >= 4 is 0 Å². The standard InChI is InChI=1S/C7H14O3/c1-4-7(6(2)8)10-5-9-3/h4,6-8H,1,5H2,2-3H3/t6-,7+/m0/s1. The highest BCUT2D eigenvalue weighted by Crippen LogP contribution is 1.99. The number of rotatable bonds is 5. The molecular weight excluding hydrogens is 132 g/mol. The molecule has 0 radical (unpaired) electrons. The van der Waals surface area contributed by atoms with E-state index in [-0.39, 0.29) is 12.9 Å². The van der Waals surface area contributed by atoms with Gasteiger partial charge in [-0.15, -0.1) is 6.58 Å². The number of methoxy groups -OCH3 is 1. The Morgan fingerprint density at radius 3 is 2.60 bits per heavy atom. The van der Waals surface area contributed by atoms with Crippen LogP contribution in [0.4, 0.5) is 0 Å². The highest BCUT2D eigenvalue weighted by Gasteiger charge is 2.09. The van der Waals surface area contributed by atoms with E-state index in [1.165, 1.54) is 7.11 Å². The summed E-state index contributed by atoms with van der Waals surface area (Å²) in [4.78, 5) is 0. The molecule has 3 heteroatoms. The van der Waals surface area contributed by atoms with Crippen molar-refractivity contribution in [3.8, 4) is 0 Å². The Bertz CT molecular complexity index is 90.9. The molecule has 0 aliphatic carbocycles. The molecule has 0 aromatic heterocycles. The quantitative estimate of drug-likeness (QED) is 0.454. The molecule has 0 heterocycles. The first-order chi connectivity index (χ1) is 4.72. The van der Waals surface area contributed by atoms with E-state index in [4.69, 9.17) is 9.84 Å². The molecule has 10 heavy (non-hydrogen) atoms. The van der Waals surface area contributed by atoms with Crippen LogP contribution in [0, 0.1) is 0 Å². The zero-order valence-corrected chi connectivity index (χ0v) is 6.41. The highest BCUT2D eigenvalue weighted by atomic mass is 16.7. The average Bonchev–Trinajstić information content (AvgIpc) is 1.89. The average molecular weight is 146 g/mol. The van der Waals surface area contributed by atoms with Gasteiger partial charge in [-0.05, 0) is 6.92 Å². The number of aliphatic hydroxyl groups is 1. The van der Waals surface area contributed by atoms with Crippen LogP contribution >= 0.6 is 0 Å². The largest absolute Gasteiger partial charge is 0.390 e. The van der Waals surface area contributed by atoms with Crippen LogP contribution in [0.15, 0.2) is 12.7 Å². The maximum atomic E-state index is 8.99. The van der Waals surface area contributed by atoms with Crippen LogP contribution in [0.1, 0.15) is 6.92 Å².